The molecule has 1 fully saturated rings. The highest BCUT2D eigenvalue weighted by Gasteiger charge is 2.15. The highest BCUT2D eigenvalue weighted by molar-refractivity contribution is 5.97. The second-order valence-corrected chi connectivity index (χ2v) is 4.93. The van der Waals surface area contributed by atoms with Crippen molar-refractivity contribution in [2.75, 3.05) is 33.4 Å². The monoisotopic (exact) mass is 294 g/mol. The summed E-state index contributed by atoms with van der Waals surface area (Å²) in [6, 6.07) is 4.83. The molecule has 0 aromatic heterocycles. The largest absolute Gasteiger partial charge is 0.504 e. The van der Waals surface area contributed by atoms with E-state index in [-0.39, 0.29) is 29.1 Å². The first-order chi connectivity index (χ1) is 10.2. The van der Waals surface area contributed by atoms with Crippen LogP contribution in [0.15, 0.2) is 18.2 Å². The normalized spacial score (nSPS) is 15.7. The molecule has 1 aromatic rings. The maximum Gasteiger partial charge on any atom is 0.255 e. The summed E-state index contributed by atoms with van der Waals surface area (Å²) in [4.78, 5) is 12.0. The molecule has 1 saturated heterocycles. The van der Waals surface area contributed by atoms with Gasteiger partial charge in [-0.1, -0.05) is 6.07 Å². The Balaban J connectivity index is 1.76. The minimum atomic E-state index is -0.333. The Morgan fingerprint density at radius 2 is 2.19 bits per heavy atom. The lowest BCUT2D eigenvalue weighted by Crippen LogP contribution is -2.34. The molecule has 0 aliphatic carbocycles. The number of hydrogen-bond donors (Lipinski definition) is 3. The zero-order valence-electron chi connectivity index (χ0n) is 12.2. The molecule has 1 aliphatic heterocycles. The van der Waals surface area contributed by atoms with Crippen LogP contribution in [0.4, 0.5) is 0 Å². The van der Waals surface area contributed by atoms with Gasteiger partial charge in [0, 0.05) is 6.54 Å². The van der Waals surface area contributed by atoms with Gasteiger partial charge in [0.1, 0.15) is 0 Å². The first kappa shape index (κ1) is 15.6. The number of phenols is 1. The van der Waals surface area contributed by atoms with Crippen molar-refractivity contribution in [3.8, 4) is 11.5 Å². The van der Waals surface area contributed by atoms with Crippen LogP contribution in [-0.4, -0.2) is 50.5 Å². The molecule has 2 rings (SSSR count). The van der Waals surface area contributed by atoms with Gasteiger partial charge >= 0.3 is 0 Å². The number of ether oxygens (including phenoxy) is 2. The molecule has 6 nitrogen and oxygen atoms in total. The van der Waals surface area contributed by atoms with E-state index in [1.807, 2.05) is 0 Å². The summed E-state index contributed by atoms with van der Waals surface area (Å²) < 4.78 is 10.7. The van der Waals surface area contributed by atoms with E-state index in [1.165, 1.54) is 7.11 Å². The van der Waals surface area contributed by atoms with E-state index in [0.717, 1.165) is 25.9 Å². The third-order valence-electron chi connectivity index (χ3n) is 3.49. The number of piperidine rings is 1. The van der Waals surface area contributed by atoms with Gasteiger partial charge in [-0.15, -0.1) is 0 Å². The number of amides is 1. The summed E-state index contributed by atoms with van der Waals surface area (Å²) in [6.07, 6.45) is 2.28. The second-order valence-electron chi connectivity index (χ2n) is 4.93. The minimum Gasteiger partial charge on any atom is -0.504 e. The molecule has 1 heterocycles. The summed E-state index contributed by atoms with van der Waals surface area (Å²) in [5.41, 5.74) is 0.205. The number of para-hydroxylation sites is 1. The predicted octanol–water partition coefficient (Wildman–Crippen LogP) is 0.899. The molecule has 1 aromatic carbocycles. The van der Waals surface area contributed by atoms with Crippen LogP contribution in [-0.2, 0) is 4.74 Å². The summed E-state index contributed by atoms with van der Waals surface area (Å²) in [5.74, 6) is -0.189. The summed E-state index contributed by atoms with van der Waals surface area (Å²) in [5, 5.41) is 15.9. The van der Waals surface area contributed by atoms with Crippen LogP contribution in [0.3, 0.4) is 0 Å². The Kier molecular flexibility index (Phi) is 5.83. The molecule has 21 heavy (non-hydrogen) atoms. The molecule has 0 radical (unpaired) electrons. The lowest BCUT2D eigenvalue weighted by molar-refractivity contribution is 0.0343. The molecule has 116 valence electrons. The van der Waals surface area contributed by atoms with E-state index in [0.29, 0.717) is 13.2 Å². The number of aromatic hydroxyl groups is 1. The summed E-state index contributed by atoms with van der Waals surface area (Å²) >= 11 is 0. The van der Waals surface area contributed by atoms with Gasteiger partial charge in [0.2, 0.25) is 0 Å². The van der Waals surface area contributed by atoms with Gasteiger partial charge in [-0.05, 0) is 38.1 Å². The van der Waals surface area contributed by atoms with E-state index >= 15 is 0 Å². The fourth-order valence-corrected chi connectivity index (χ4v) is 2.32. The number of methoxy groups -OCH3 is 1. The van der Waals surface area contributed by atoms with Gasteiger partial charge in [0.05, 0.1) is 25.4 Å². The van der Waals surface area contributed by atoms with Crippen LogP contribution in [0.25, 0.3) is 0 Å². The maximum atomic E-state index is 12.0. The van der Waals surface area contributed by atoms with E-state index in [9.17, 15) is 9.90 Å². The van der Waals surface area contributed by atoms with Crippen molar-refractivity contribution >= 4 is 5.91 Å². The van der Waals surface area contributed by atoms with Gasteiger partial charge in [0.15, 0.2) is 11.5 Å². The molecule has 1 amide bonds. The van der Waals surface area contributed by atoms with Crippen LogP contribution < -0.4 is 15.4 Å². The number of hydrogen-bond acceptors (Lipinski definition) is 5. The Morgan fingerprint density at radius 3 is 2.90 bits per heavy atom. The molecule has 0 bridgehead atoms. The van der Waals surface area contributed by atoms with Crippen LogP contribution in [0.5, 0.6) is 11.5 Å². The Morgan fingerprint density at radius 1 is 1.43 bits per heavy atom. The summed E-state index contributed by atoms with van der Waals surface area (Å²) in [6.45, 7) is 2.85. The second kappa shape index (κ2) is 7.85. The van der Waals surface area contributed by atoms with Gasteiger partial charge in [-0.2, -0.15) is 0 Å². The Hall–Kier alpha value is -1.79. The molecule has 0 spiro atoms. The molecule has 0 unspecified atom stereocenters. The lowest BCUT2D eigenvalue weighted by Gasteiger charge is -2.22. The standard InChI is InChI=1S/C15H22N2O4/c1-20-13-4-2-3-12(14(13)18)15(19)17-9-10-21-11-5-7-16-8-6-11/h2-4,11,16,18H,5-10H2,1H3,(H,17,19). The first-order valence-corrected chi connectivity index (χ1v) is 7.19. The Labute approximate surface area is 124 Å². The third-order valence-corrected chi connectivity index (χ3v) is 3.49. The maximum absolute atomic E-state index is 12.0. The van der Waals surface area contributed by atoms with E-state index in [1.54, 1.807) is 18.2 Å². The van der Waals surface area contributed by atoms with Crippen molar-refractivity contribution in [1.29, 1.82) is 0 Å². The van der Waals surface area contributed by atoms with Crippen LogP contribution in [0, 0.1) is 0 Å². The predicted molar refractivity (Wildman–Crippen MR) is 78.8 cm³/mol. The lowest BCUT2D eigenvalue weighted by atomic mass is 10.1. The van der Waals surface area contributed by atoms with Crippen molar-refractivity contribution in [3.63, 3.8) is 0 Å². The molecular weight excluding hydrogens is 272 g/mol. The van der Waals surface area contributed by atoms with Gasteiger partial charge < -0.3 is 25.2 Å². The van der Waals surface area contributed by atoms with E-state index < -0.39 is 0 Å². The van der Waals surface area contributed by atoms with Crippen molar-refractivity contribution in [2.45, 2.75) is 18.9 Å². The number of carbonyl (C=O) groups excluding carboxylic acids is 1. The van der Waals surface area contributed by atoms with Gasteiger partial charge in [-0.25, -0.2) is 0 Å². The topological polar surface area (TPSA) is 79.8 Å². The number of rotatable bonds is 6. The van der Waals surface area contributed by atoms with Crippen LogP contribution in [0.1, 0.15) is 23.2 Å². The average Bonchev–Trinajstić information content (AvgIpc) is 2.52. The molecule has 3 N–H and O–H groups in total. The van der Waals surface area contributed by atoms with Gasteiger partial charge in [-0.3, -0.25) is 4.79 Å². The minimum absolute atomic E-state index is 0.142. The van der Waals surface area contributed by atoms with E-state index in [4.69, 9.17) is 9.47 Å². The van der Waals surface area contributed by atoms with Crippen molar-refractivity contribution in [1.82, 2.24) is 10.6 Å². The highest BCUT2D eigenvalue weighted by atomic mass is 16.5. The molecule has 1 aliphatic rings. The number of benzene rings is 1. The number of carbonyl (C=O) groups is 1. The average molecular weight is 294 g/mol. The zero-order valence-corrected chi connectivity index (χ0v) is 12.2. The fraction of sp³-hybridized carbons (Fsp3) is 0.533. The number of phenolic OH excluding ortho intramolecular Hbond substituents is 1. The highest BCUT2D eigenvalue weighted by Crippen LogP contribution is 2.29. The number of nitrogens with one attached hydrogen (secondary N) is 2. The van der Waals surface area contributed by atoms with Crippen molar-refractivity contribution in [3.05, 3.63) is 23.8 Å². The fourth-order valence-electron chi connectivity index (χ4n) is 2.32. The van der Waals surface area contributed by atoms with Gasteiger partial charge in [0.25, 0.3) is 5.91 Å². The van der Waals surface area contributed by atoms with Crippen LogP contribution >= 0.6 is 0 Å². The zero-order chi connectivity index (χ0) is 15.1. The van der Waals surface area contributed by atoms with Crippen molar-refractivity contribution < 1.29 is 19.4 Å². The quantitative estimate of drug-likeness (QED) is 0.679. The Bertz CT molecular complexity index is 473. The first-order valence-electron chi connectivity index (χ1n) is 7.19. The smallest absolute Gasteiger partial charge is 0.255 e. The molecule has 6 heteroatoms. The van der Waals surface area contributed by atoms with E-state index in [2.05, 4.69) is 10.6 Å². The SMILES string of the molecule is COc1cccc(C(=O)NCCOC2CCNCC2)c1O. The summed E-state index contributed by atoms with van der Waals surface area (Å²) in [7, 11) is 1.45. The molecule has 0 saturated carbocycles. The molecular formula is C15H22N2O4. The third kappa shape index (κ3) is 4.34. The molecule has 0 atom stereocenters. The van der Waals surface area contributed by atoms with Crippen molar-refractivity contribution in [2.24, 2.45) is 0 Å². The van der Waals surface area contributed by atoms with Crippen LogP contribution in [0.2, 0.25) is 0 Å².